The molecule has 34 heavy (non-hydrogen) atoms. The van der Waals surface area contributed by atoms with Crippen molar-refractivity contribution in [1.29, 1.82) is 0 Å². The summed E-state index contributed by atoms with van der Waals surface area (Å²) in [6.45, 7) is 11.6. The summed E-state index contributed by atoms with van der Waals surface area (Å²) in [5.74, 6) is 3.32. The molecule has 4 heteroatoms. The number of fused-ring (bicyclic) bond motifs is 5. The highest BCUT2D eigenvalue weighted by Crippen LogP contribution is 2.65. The van der Waals surface area contributed by atoms with Crippen LogP contribution in [-0.2, 0) is 9.53 Å². The topological polar surface area (TPSA) is 29.5 Å². The van der Waals surface area contributed by atoms with Crippen molar-refractivity contribution >= 4 is 5.97 Å². The standard InChI is InChI=1S/C30H53N2O2/c1-23(33)34-30(22-31-18-8-6-7-9-19-31)17-16-28(2)24(21-30)12-13-25-26(28)14-15-29(3)27(25)11-10-20-32(29,4)5/h24-27H,6-22H2,1-5H3/q+1. The largest absolute Gasteiger partial charge is 0.458 e. The van der Waals surface area contributed by atoms with Gasteiger partial charge in [0.1, 0.15) is 5.60 Å². The van der Waals surface area contributed by atoms with Crippen LogP contribution in [0.2, 0.25) is 0 Å². The van der Waals surface area contributed by atoms with Crippen LogP contribution in [0.5, 0.6) is 0 Å². The maximum absolute atomic E-state index is 12.3. The number of carbonyl (C=O) groups is 1. The van der Waals surface area contributed by atoms with Crippen LogP contribution in [-0.4, -0.2) is 66.8 Å². The van der Waals surface area contributed by atoms with Crippen LogP contribution < -0.4 is 0 Å². The average molecular weight is 474 g/mol. The molecule has 194 valence electrons. The number of quaternary nitrogens is 1. The molecular formula is C30H53N2O2+. The van der Waals surface area contributed by atoms with E-state index in [9.17, 15) is 4.79 Å². The van der Waals surface area contributed by atoms with Gasteiger partial charge in [0, 0.05) is 25.8 Å². The van der Waals surface area contributed by atoms with Crippen LogP contribution in [0.1, 0.15) is 104 Å². The summed E-state index contributed by atoms with van der Waals surface area (Å²) in [5, 5.41) is 0. The molecule has 5 aliphatic rings. The summed E-state index contributed by atoms with van der Waals surface area (Å²) < 4.78 is 7.53. The van der Waals surface area contributed by atoms with Crippen LogP contribution >= 0.6 is 0 Å². The molecule has 0 amide bonds. The molecule has 5 fully saturated rings. The zero-order chi connectivity index (χ0) is 24.2. The maximum atomic E-state index is 12.3. The van der Waals surface area contributed by atoms with Gasteiger partial charge in [-0.25, -0.2) is 0 Å². The van der Waals surface area contributed by atoms with Crippen molar-refractivity contribution in [3.05, 3.63) is 0 Å². The number of esters is 1. The first-order valence-electron chi connectivity index (χ1n) is 14.8. The SMILES string of the molecule is CC(=O)OC1(CN2CCCCCC2)CCC2(C)C(CCC3C2CCC2(C)C3CCC[N+]2(C)C)C1. The molecular weight excluding hydrogens is 420 g/mol. The second-order valence-corrected chi connectivity index (χ2v) is 14.3. The molecule has 3 aliphatic carbocycles. The van der Waals surface area contributed by atoms with Crippen LogP contribution in [0.15, 0.2) is 0 Å². The summed E-state index contributed by atoms with van der Waals surface area (Å²) in [7, 11) is 5.02. The number of piperidine rings is 1. The lowest BCUT2D eigenvalue weighted by atomic mass is 9.44. The number of likely N-dealkylation sites (tertiary alicyclic amines) is 2. The third kappa shape index (κ3) is 4.17. The van der Waals surface area contributed by atoms with Crippen LogP contribution in [0.4, 0.5) is 0 Å². The van der Waals surface area contributed by atoms with Crippen LogP contribution in [0.25, 0.3) is 0 Å². The Morgan fingerprint density at radius 2 is 1.65 bits per heavy atom. The first-order valence-corrected chi connectivity index (χ1v) is 14.8. The van der Waals surface area contributed by atoms with E-state index in [1.54, 1.807) is 6.92 Å². The Kier molecular flexibility index (Phi) is 6.67. The summed E-state index contributed by atoms with van der Waals surface area (Å²) in [4.78, 5) is 14.9. The minimum absolute atomic E-state index is 0.0669. The summed E-state index contributed by atoms with van der Waals surface area (Å²) in [6, 6.07) is 0. The number of rotatable bonds is 3. The van der Waals surface area contributed by atoms with Gasteiger partial charge in [-0.05, 0) is 107 Å². The highest BCUT2D eigenvalue weighted by Gasteiger charge is 2.63. The first-order chi connectivity index (χ1) is 16.1. The smallest absolute Gasteiger partial charge is 0.303 e. The van der Waals surface area contributed by atoms with Crippen LogP contribution in [0.3, 0.4) is 0 Å². The van der Waals surface area contributed by atoms with E-state index in [4.69, 9.17) is 4.74 Å². The molecule has 5 rings (SSSR count). The molecule has 4 nitrogen and oxygen atoms in total. The lowest BCUT2D eigenvalue weighted by Crippen LogP contribution is -2.69. The molecule has 2 heterocycles. The predicted molar refractivity (Wildman–Crippen MR) is 138 cm³/mol. The molecule has 0 bridgehead atoms. The van der Waals surface area contributed by atoms with Gasteiger partial charge in [-0.15, -0.1) is 0 Å². The summed E-state index contributed by atoms with van der Waals surface area (Å²) in [6.07, 6.45) is 17.2. The Bertz CT molecular complexity index is 759. The van der Waals surface area contributed by atoms with E-state index in [1.807, 2.05) is 0 Å². The molecule has 0 spiro atoms. The van der Waals surface area contributed by atoms with Crippen molar-refractivity contribution in [2.24, 2.45) is 29.1 Å². The van der Waals surface area contributed by atoms with Gasteiger partial charge in [0.2, 0.25) is 0 Å². The van der Waals surface area contributed by atoms with E-state index in [1.165, 1.54) is 94.7 Å². The zero-order valence-electron chi connectivity index (χ0n) is 23.0. The molecule has 0 aromatic carbocycles. The third-order valence-electron chi connectivity index (χ3n) is 12.3. The summed E-state index contributed by atoms with van der Waals surface area (Å²) >= 11 is 0. The lowest BCUT2D eigenvalue weighted by molar-refractivity contribution is -0.952. The second-order valence-electron chi connectivity index (χ2n) is 14.3. The molecule has 0 N–H and O–H groups in total. The zero-order valence-corrected chi connectivity index (χ0v) is 23.0. The Labute approximate surface area is 209 Å². The number of nitrogens with zero attached hydrogens (tertiary/aromatic N) is 2. The molecule has 2 saturated heterocycles. The van der Waals surface area contributed by atoms with E-state index in [-0.39, 0.29) is 11.6 Å². The van der Waals surface area contributed by atoms with E-state index in [0.717, 1.165) is 37.1 Å². The van der Waals surface area contributed by atoms with Gasteiger partial charge < -0.3 is 9.22 Å². The summed E-state index contributed by atoms with van der Waals surface area (Å²) in [5.41, 5.74) is 0.646. The van der Waals surface area contributed by atoms with Crippen LogP contribution in [0, 0.1) is 29.1 Å². The highest BCUT2D eigenvalue weighted by molar-refractivity contribution is 5.66. The molecule has 7 unspecified atom stereocenters. The Morgan fingerprint density at radius 1 is 0.912 bits per heavy atom. The molecule has 0 aromatic rings. The molecule has 7 atom stereocenters. The fourth-order valence-corrected chi connectivity index (χ4v) is 10.1. The molecule has 0 aromatic heterocycles. The van der Waals surface area contributed by atoms with Gasteiger partial charge >= 0.3 is 5.97 Å². The molecule has 2 aliphatic heterocycles. The van der Waals surface area contributed by atoms with Crippen molar-refractivity contribution in [2.45, 2.75) is 115 Å². The number of carbonyl (C=O) groups excluding carboxylic acids is 1. The van der Waals surface area contributed by atoms with E-state index in [0.29, 0.717) is 16.9 Å². The molecule has 0 radical (unpaired) electrons. The average Bonchev–Trinajstić information content (AvgIpc) is 3.03. The number of ether oxygens (including phenoxy) is 1. The number of hydrogen-bond donors (Lipinski definition) is 0. The molecule has 3 saturated carbocycles. The lowest BCUT2D eigenvalue weighted by Gasteiger charge is -2.66. The monoisotopic (exact) mass is 473 g/mol. The Hall–Kier alpha value is -0.610. The van der Waals surface area contributed by atoms with Crippen molar-refractivity contribution in [3.63, 3.8) is 0 Å². The fourth-order valence-electron chi connectivity index (χ4n) is 10.1. The van der Waals surface area contributed by atoms with Gasteiger partial charge in [-0.2, -0.15) is 0 Å². The van der Waals surface area contributed by atoms with Crippen molar-refractivity contribution in [3.8, 4) is 0 Å². The first kappa shape index (κ1) is 25.1. The number of hydrogen-bond acceptors (Lipinski definition) is 3. The van der Waals surface area contributed by atoms with Gasteiger partial charge in [0.15, 0.2) is 0 Å². The van der Waals surface area contributed by atoms with Gasteiger partial charge in [-0.1, -0.05) is 19.8 Å². The van der Waals surface area contributed by atoms with E-state index in [2.05, 4.69) is 32.8 Å². The Balaban J connectivity index is 1.36. The minimum Gasteiger partial charge on any atom is -0.458 e. The van der Waals surface area contributed by atoms with Gasteiger partial charge in [0.25, 0.3) is 0 Å². The quantitative estimate of drug-likeness (QED) is 0.370. The van der Waals surface area contributed by atoms with Crippen molar-refractivity contribution in [1.82, 2.24) is 4.90 Å². The Morgan fingerprint density at radius 3 is 2.35 bits per heavy atom. The predicted octanol–water partition coefficient (Wildman–Crippen LogP) is 6.04. The van der Waals surface area contributed by atoms with Crippen molar-refractivity contribution in [2.75, 3.05) is 40.3 Å². The van der Waals surface area contributed by atoms with Crippen molar-refractivity contribution < 1.29 is 14.0 Å². The normalized spacial score (nSPS) is 47.0. The van der Waals surface area contributed by atoms with Gasteiger partial charge in [0.05, 0.1) is 26.2 Å². The van der Waals surface area contributed by atoms with E-state index >= 15 is 0 Å². The maximum Gasteiger partial charge on any atom is 0.303 e. The second kappa shape index (κ2) is 9.05. The fraction of sp³-hybridized carbons (Fsp3) is 0.967. The highest BCUT2D eigenvalue weighted by atomic mass is 16.6. The third-order valence-corrected chi connectivity index (χ3v) is 12.3. The minimum atomic E-state index is -0.250. The van der Waals surface area contributed by atoms with E-state index < -0.39 is 0 Å². The van der Waals surface area contributed by atoms with Gasteiger partial charge in [-0.3, -0.25) is 9.69 Å².